The van der Waals surface area contributed by atoms with Crippen LogP contribution in [0.5, 0.6) is 0 Å². The number of ether oxygens (including phenoxy) is 2. The van der Waals surface area contributed by atoms with Gasteiger partial charge in [-0.15, -0.1) is 0 Å². The van der Waals surface area contributed by atoms with Gasteiger partial charge in [-0.25, -0.2) is 0 Å². The lowest BCUT2D eigenvalue weighted by Gasteiger charge is -2.61. The van der Waals surface area contributed by atoms with E-state index in [1.807, 2.05) is 0 Å². The molecule has 3 heterocycles. The highest BCUT2D eigenvalue weighted by Crippen LogP contribution is 2.67. The maximum atomic E-state index is 13.9. The number of carbonyl (C=O) groups excluding carboxylic acids is 1. The Labute approximate surface area is 251 Å². The van der Waals surface area contributed by atoms with Gasteiger partial charge in [0, 0.05) is 31.0 Å². The van der Waals surface area contributed by atoms with Crippen molar-refractivity contribution in [3.8, 4) is 0 Å². The number of aliphatic hydroxyl groups is 4. The molecule has 17 unspecified atom stereocenters. The molecular formula is C34H55NO7. The van der Waals surface area contributed by atoms with Crippen molar-refractivity contribution in [3.05, 3.63) is 0 Å². The fourth-order valence-corrected chi connectivity index (χ4v) is 12.0. The van der Waals surface area contributed by atoms with Crippen LogP contribution in [0.2, 0.25) is 0 Å². The average molecular weight is 590 g/mol. The predicted octanol–water partition coefficient (Wildman–Crippen LogP) is 2.99. The largest absolute Gasteiger partial charge is 0.394 e. The number of fused-ring (bicyclic) bond motifs is 8. The van der Waals surface area contributed by atoms with Crippen molar-refractivity contribution in [3.63, 3.8) is 0 Å². The maximum Gasteiger partial charge on any atom is 0.186 e. The molecule has 8 heteroatoms. The van der Waals surface area contributed by atoms with Crippen LogP contribution in [0.3, 0.4) is 0 Å². The Bertz CT molecular complexity index is 1040. The van der Waals surface area contributed by atoms with E-state index in [0.717, 1.165) is 42.4 Å². The molecule has 0 aromatic rings. The smallest absolute Gasteiger partial charge is 0.186 e. The Morgan fingerprint density at radius 3 is 2.40 bits per heavy atom. The number of piperidine rings is 2. The van der Waals surface area contributed by atoms with Gasteiger partial charge in [-0.3, -0.25) is 9.69 Å². The summed E-state index contributed by atoms with van der Waals surface area (Å²) in [5.74, 6) is 5.90. The number of nitrogens with zero attached hydrogens (tertiary/aromatic N) is 1. The van der Waals surface area contributed by atoms with Gasteiger partial charge in [0.25, 0.3) is 0 Å². The van der Waals surface area contributed by atoms with Gasteiger partial charge < -0.3 is 29.9 Å². The highest BCUT2D eigenvalue weighted by atomic mass is 16.7. The average Bonchev–Trinajstić information content (AvgIpc) is 3.35. The minimum absolute atomic E-state index is 0.0312. The van der Waals surface area contributed by atoms with Crippen molar-refractivity contribution in [2.75, 3.05) is 19.7 Å². The van der Waals surface area contributed by atoms with Crippen molar-refractivity contribution in [2.24, 2.45) is 58.7 Å². The van der Waals surface area contributed by atoms with Crippen molar-refractivity contribution < 1.29 is 34.7 Å². The third-order valence-electron chi connectivity index (χ3n) is 14.7. The number of Topliss-reactive ketones (excluding diaryl/α,β-unsaturated/α-hetero) is 1. The van der Waals surface area contributed by atoms with Crippen LogP contribution in [0.15, 0.2) is 0 Å². The molecule has 238 valence electrons. The van der Waals surface area contributed by atoms with Gasteiger partial charge in [0.2, 0.25) is 0 Å². The summed E-state index contributed by atoms with van der Waals surface area (Å²) >= 11 is 0. The first-order chi connectivity index (χ1) is 20.0. The van der Waals surface area contributed by atoms with E-state index in [0.29, 0.717) is 41.9 Å². The summed E-state index contributed by atoms with van der Waals surface area (Å²) in [7, 11) is 0. The molecule has 0 radical (unpaired) electrons. The quantitative estimate of drug-likeness (QED) is 0.371. The van der Waals surface area contributed by atoms with Crippen LogP contribution in [0.1, 0.15) is 85.5 Å². The third-order valence-corrected chi connectivity index (χ3v) is 14.7. The van der Waals surface area contributed by atoms with Crippen LogP contribution in [-0.4, -0.2) is 93.2 Å². The Hall–Kier alpha value is -0.610. The van der Waals surface area contributed by atoms with E-state index >= 15 is 0 Å². The Balaban J connectivity index is 1.07. The highest BCUT2D eigenvalue weighted by molar-refractivity contribution is 5.83. The summed E-state index contributed by atoms with van der Waals surface area (Å²) in [4.78, 5) is 16.8. The second-order valence-corrected chi connectivity index (χ2v) is 16.4. The topological polar surface area (TPSA) is 120 Å². The molecule has 0 aromatic heterocycles. The molecule has 3 saturated heterocycles. The lowest BCUT2D eigenvalue weighted by Crippen LogP contribution is -2.65. The minimum atomic E-state index is -1.45. The predicted molar refractivity (Wildman–Crippen MR) is 156 cm³/mol. The van der Waals surface area contributed by atoms with E-state index in [4.69, 9.17) is 9.47 Å². The number of aliphatic hydroxyl groups excluding tert-OH is 4. The van der Waals surface area contributed by atoms with Crippen molar-refractivity contribution >= 4 is 5.78 Å². The zero-order valence-electron chi connectivity index (χ0n) is 26.1. The number of hydrogen-bond acceptors (Lipinski definition) is 8. The van der Waals surface area contributed by atoms with Gasteiger partial charge in [-0.2, -0.15) is 0 Å². The number of hydrogen-bond donors (Lipinski definition) is 4. The van der Waals surface area contributed by atoms with Crippen LogP contribution in [0, 0.1) is 58.7 Å². The fourth-order valence-electron chi connectivity index (χ4n) is 12.0. The highest BCUT2D eigenvalue weighted by Gasteiger charge is 2.64. The van der Waals surface area contributed by atoms with E-state index < -0.39 is 37.3 Å². The van der Waals surface area contributed by atoms with Crippen molar-refractivity contribution in [2.45, 2.75) is 128 Å². The summed E-state index contributed by atoms with van der Waals surface area (Å²) in [5.41, 5.74) is 0.314. The zero-order valence-corrected chi connectivity index (χ0v) is 26.1. The van der Waals surface area contributed by atoms with Gasteiger partial charge in [0.1, 0.15) is 30.2 Å². The molecule has 0 bridgehead atoms. The summed E-state index contributed by atoms with van der Waals surface area (Å²) in [5, 5.41) is 40.5. The second kappa shape index (κ2) is 10.7. The van der Waals surface area contributed by atoms with Gasteiger partial charge in [0.15, 0.2) is 6.29 Å². The van der Waals surface area contributed by atoms with Crippen LogP contribution in [0.4, 0.5) is 0 Å². The van der Waals surface area contributed by atoms with Gasteiger partial charge >= 0.3 is 0 Å². The molecular weight excluding hydrogens is 534 g/mol. The molecule has 3 aliphatic heterocycles. The number of rotatable bonds is 3. The first-order valence-electron chi connectivity index (χ1n) is 17.2. The van der Waals surface area contributed by atoms with E-state index in [2.05, 4.69) is 32.6 Å². The molecule has 4 aliphatic carbocycles. The first-order valence-corrected chi connectivity index (χ1v) is 17.2. The van der Waals surface area contributed by atoms with Crippen LogP contribution < -0.4 is 0 Å². The van der Waals surface area contributed by atoms with Gasteiger partial charge in [0.05, 0.1) is 12.7 Å². The molecule has 8 nitrogen and oxygen atoms in total. The van der Waals surface area contributed by atoms with E-state index in [1.165, 1.54) is 45.2 Å². The normalized spacial score (nSPS) is 57.9. The SMILES string of the molecule is CC1CCC2(C)C(C)C3CCC4C(CC5C4CC(=O)C4CC(OC6OC(CO)C(O)C(O)C6O)CCC45C)C3CN2C1. The van der Waals surface area contributed by atoms with Crippen LogP contribution in [0.25, 0.3) is 0 Å². The van der Waals surface area contributed by atoms with E-state index in [9.17, 15) is 25.2 Å². The van der Waals surface area contributed by atoms with E-state index in [1.54, 1.807) is 0 Å². The fraction of sp³-hybridized carbons (Fsp3) is 0.971. The summed E-state index contributed by atoms with van der Waals surface area (Å²) in [6.45, 7) is 11.9. The number of carbonyl (C=O) groups is 1. The van der Waals surface area contributed by atoms with Crippen LogP contribution >= 0.6 is 0 Å². The third kappa shape index (κ3) is 4.44. The van der Waals surface area contributed by atoms with Gasteiger partial charge in [-0.1, -0.05) is 20.8 Å². The zero-order chi connectivity index (χ0) is 29.7. The second-order valence-electron chi connectivity index (χ2n) is 16.4. The molecule has 0 spiro atoms. The monoisotopic (exact) mass is 589 g/mol. The molecule has 17 atom stereocenters. The van der Waals surface area contributed by atoms with Crippen LogP contribution in [-0.2, 0) is 14.3 Å². The molecule has 4 N–H and O–H groups in total. The Kier molecular flexibility index (Phi) is 7.69. The summed E-state index contributed by atoms with van der Waals surface area (Å²) < 4.78 is 11.8. The lowest BCUT2D eigenvalue weighted by molar-refractivity contribution is -0.315. The standard InChI is InChI=1S/C34H55NO7/c1-17-7-10-34(4)18(2)20-5-6-21-22(24(20)15-35(34)14-17)12-25-23(21)13-27(37)26-11-19(8-9-33(25,26)3)41-32-31(40)30(39)29(38)28(16-36)42-32/h17-26,28-32,36,38-40H,5-16H2,1-4H3. The Morgan fingerprint density at radius 1 is 0.881 bits per heavy atom. The molecule has 7 aliphatic rings. The molecule has 0 aromatic carbocycles. The molecule has 4 saturated carbocycles. The number of ketones is 1. The lowest BCUT2D eigenvalue weighted by atomic mass is 9.51. The molecule has 0 amide bonds. The van der Waals surface area contributed by atoms with E-state index in [-0.39, 0.29) is 17.4 Å². The first kappa shape index (κ1) is 30.1. The van der Waals surface area contributed by atoms with Crippen molar-refractivity contribution in [1.29, 1.82) is 0 Å². The molecule has 7 fully saturated rings. The Morgan fingerprint density at radius 2 is 1.64 bits per heavy atom. The molecule has 7 rings (SSSR count). The van der Waals surface area contributed by atoms with Gasteiger partial charge in [-0.05, 0) is 111 Å². The summed E-state index contributed by atoms with van der Waals surface area (Å²) in [6, 6.07) is 0. The maximum absolute atomic E-state index is 13.9. The van der Waals surface area contributed by atoms with Crippen molar-refractivity contribution in [1.82, 2.24) is 4.90 Å². The molecule has 42 heavy (non-hydrogen) atoms. The summed E-state index contributed by atoms with van der Waals surface area (Å²) in [6.07, 6.45) is 2.93. The minimum Gasteiger partial charge on any atom is -0.394 e.